The van der Waals surface area contributed by atoms with Crippen molar-refractivity contribution in [2.75, 3.05) is 0 Å². The van der Waals surface area contributed by atoms with Crippen LogP contribution in [0.15, 0.2) is 0 Å². The molecule has 16 heavy (non-hydrogen) atoms. The van der Waals surface area contributed by atoms with Crippen molar-refractivity contribution in [3.63, 3.8) is 0 Å². The predicted octanol–water partition coefficient (Wildman–Crippen LogP) is -10.7. The van der Waals surface area contributed by atoms with Crippen molar-refractivity contribution in [2.45, 2.75) is 0 Å². The zero-order chi connectivity index (χ0) is 12.6. The summed E-state index contributed by atoms with van der Waals surface area (Å²) < 4.78 is 26.3. The van der Waals surface area contributed by atoms with Gasteiger partial charge in [-0.2, -0.15) is 0 Å². The van der Waals surface area contributed by atoms with E-state index in [4.69, 9.17) is 52.5 Å². The van der Waals surface area contributed by atoms with Crippen LogP contribution in [0.3, 0.4) is 0 Å². The Labute approximate surface area is 135 Å². The van der Waals surface area contributed by atoms with E-state index in [0.717, 1.165) is 0 Å². The van der Waals surface area contributed by atoms with Crippen molar-refractivity contribution in [1.82, 2.24) is 0 Å². The van der Waals surface area contributed by atoms with E-state index in [0.29, 0.717) is 0 Å². The van der Waals surface area contributed by atoms with E-state index in [2.05, 4.69) is 0 Å². The van der Waals surface area contributed by atoms with Gasteiger partial charge in [0, 0.05) is 9.17 Å². The molecule has 0 saturated carbocycles. The van der Waals surface area contributed by atoms with Gasteiger partial charge >= 0.3 is 74.8 Å². The topological polar surface area (TPSA) is 219 Å². The number of hydrogen-bond acceptors (Lipinski definition) is 5. The van der Waals surface area contributed by atoms with E-state index >= 15 is 0 Å². The summed E-state index contributed by atoms with van der Waals surface area (Å²) in [6, 6.07) is 0. The van der Waals surface area contributed by atoms with Crippen LogP contribution in [0.2, 0.25) is 0 Å². The van der Waals surface area contributed by atoms with Gasteiger partial charge in [0.1, 0.15) is 0 Å². The molecule has 0 heterocycles. The summed E-state index contributed by atoms with van der Waals surface area (Å²) >= 11 is 0. The molecule has 0 fully saturated rings. The van der Waals surface area contributed by atoms with Crippen molar-refractivity contribution in [1.29, 1.82) is 0 Å². The summed E-state index contributed by atoms with van der Waals surface area (Å²) in [5.41, 5.74) is 0. The Balaban J connectivity index is -0.0000000358. The molecule has 16 heteroatoms. The molecular formula is H6Na2O11P2Si. The molecule has 0 aromatic rings. The summed E-state index contributed by atoms with van der Waals surface area (Å²) in [6.07, 6.45) is 0. The molecule has 0 radical (unpaired) electrons. The van der Waals surface area contributed by atoms with E-state index in [1.54, 1.807) is 0 Å². The van der Waals surface area contributed by atoms with Crippen LogP contribution in [-0.4, -0.2) is 38.5 Å². The summed E-state index contributed by atoms with van der Waals surface area (Å²) in [5.74, 6) is 0. The van der Waals surface area contributed by atoms with Gasteiger partial charge in [-0.1, -0.05) is 0 Å². The van der Waals surface area contributed by atoms with E-state index in [1.807, 2.05) is 0 Å². The van der Waals surface area contributed by atoms with Crippen LogP contribution >= 0.6 is 15.6 Å². The minimum Gasteiger partial charge on any atom is -0.672 e. The van der Waals surface area contributed by atoms with Crippen molar-refractivity contribution in [3.8, 4) is 0 Å². The molecular weight excluding hydrogens is 312 g/mol. The quantitative estimate of drug-likeness (QED) is 0.182. The van der Waals surface area contributed by atoms with Gasteiger partial charge in [0.2, 0.25) is 0 Å². The molecule has 0 saturated heterocycles. The average Bonchev–Trinajstić information content (AvgIpc) is 1.45. The van der Waals surface area contributed by atoms with Crippen LogP contribution in [0.1, 0.15) is 0 Å². The van der Waals surface area contributed by atoms with Crippen molar-refractivity contribution in [2.24, 2.45) is 0 Å². The van der Waals surface area contributed by atoms with Crippen molar-refractivity contribution >= 4 is 24.8 Å². The average molecular weight is 318 g/mol. The minimum absolute atomic E-state index is 0. The van der Waals surface area contributed by atoms with Gasteiger partial charge in [-0.15, -0.1) is 0 Å². The number of phosphoric acid groups is 2. The Bertz CT molecular complexity index is 198. The first-order valence-corrected chi connectivity index (χ1v) is 6.53. The summed E-state index contributed by atoms with van der Waals surface area (Å²) in [6.45, 7) is 0. The van der Waals surface area contributed by atoms with E-state index in [1.165, 1.54) is 0 Å². The Hall–Kier alpha value is 1.84. The molecule has 0 aromatic heterocycles. The largest absolute Gasteiger partial charge is 1.00 e. The minimum atomic E-state index is -4.64. The second kappa shape index (κ2) is 14.9. The normalized spacial score (nSPS) is 8.88. The van der Waals surface area contributed by atoms with Crippen LogP contribution in [0.25, 0.3) is 0 Å². The molecule has 0 bridgehead atoms. The van der Waals surface area contributed by atoms with Crippen LogP contribution in [0.5, 0.6) is 0 Å². The molecule has 0 aliphatic heterocycles. The van der Waals surface area contributed by atoms with Crippen LogP contribution in [0.4, 0.5) is 0 Å². The molecule has 0 spiro atoms. The number of hydrogen-bond donors (Lipinski definition) is 6. The standard InChI is InChI=1S/2Na.2H3O4P.O3Si/c;;2*1-5(2,3)4;1-4(2)3/h;;2*(H3,1,2,3,4);/q2*+1;;;-2. The summed E-state index contributed by atoms with van der Waals surface area (Å²) in [7, 11) is -12.9. The van der Waals surface area contributed by atoms with E-state index < -0.39 is 24.8 Å². The molecule has 0 aliphatic rings. The third-order valence-electron chi connectivity index (χ3n) is 0. The molecule has 0 aliphatic carbocycles. The zero-order valence-electron chi connectivity index (χ0n) is 8.12. The van der Waals surface area contributed by atoms with Gasteiger partial charge in [0.25, 0.3) is 0 Å². The first-order valence-electron chi connectivity index (χ1n) is 2.18. The SMILES string of the molecule is O=P(O)(O)O.O=P(O)(O)O.O=[Si]([O-])[O-].[Na+].[Na+]. The maximum atomic E-state index is 8.88. The first-order chi connectivity index (χ1) is 5.73. The van der Waals surface area contributed by atoms with Gasteiger partial charge in [0.15, 0.2) is 0 Å². The van der Waals surface area contributed by atoms with Gasteiger partial charge in [-0.25, -0.2) is 9.13 Å². The molecule has 88 valence electrons. The molecule has 11 nitrogen and oxygen atoms in total. The third kappa shape index (κ3) is 1030. The Kier molecular flexibility index (Phi) is 28.6. The van der Waals surface area contributed by atoms with Gasteiger partial charge in [0.05, 0.1) is 0 Å². The van der Waals surface area contributed by atoms with Gasteiger partial charge < -0.3 is 43.4 Å². The second-order valence-electron chi connectivity index (χ2n) is 1.28. The summed E-state index contributed by atoms with van der Waals surface area (Å²) in [4.78, 5) is 60.2. The predicted molar refractivity (Wildman–Crippen MR) is 35.0 cm³/mol. The number of rotatable bonds is 0. The fraction of sp³-hybridized carbons (Fsp3) is 0. The monoisotopic (exact) mass is 318 g/mol. The molecule has 0 aromatic carbocycles. The third-order valence-corrected chi connectivity index (χ3v) is 0. The van der Waals surface area contributed by atoms with Gasteiger partial charge in [-0.3, -0.25) is 0 Å². The van der Waals surface area contributed by atoms with Gasteiger partial charge in [-0.05, 0) is 0 Å². The first kappa shape index (κ1) is 30.7. The van der Waals surface area contributed by atoms with Crippen molar-refractivity contribution in [3.05, 3.63) is 0 Å². The fourth-order valence-corrected chi connectivity index (χ4v) is 0. The Morgan fingerprint density at radius 2 is 0.750 bits per heavy atom. The molecule has 0 unspecified atom stereocenters. The van der Waals surface area contributed by atoms with Crippen LogP contribution in [0, 0.1) is 0 Å². The Morgan fingerprint density at radius 3 is 0.750 bits per heavy atom. The molecule has 0 rings (SSSR count). The second-order valence-corrected chi connectivity index (χ2v) is 3.83. The molecule has 0 amide bonds. The fourth-order valence-electron chi connectivity index (χ4n) is 0. The summed E-state index contributed by atoms with van der Waals surface area (Å²) in [5, 5.41) is 0. The zero-order valence-corrected chi connectivity index (χ0v) is 14.9. The maximum Gasteiger partial charge on any atom is 1.00 e. The van der Waals surface area contributed by atoms with Crippen molar-refractivity contribution < 1.29 is 112 Å². The molecule has 6 N–H and O–H groups in total. The van der Waals surface area contributed by atoms with E-state index in [-0.39, 0.29) is 59.1 Å². The smallest absolute Gasteiger partial charge is 0.672 e. The Morgan fingerprint density at radius 1 is 0.750 bits per heavy atom. The van der Waals surface area contributed by atoms with Crippen LogP contribution < -0.4 is 68.7 Å². The van der Waals surface area contributed by atoms with E-state index in [9.17, 15) is 0 Å². The maximum absolute atomic E-state index is 8.88. The van der Waals surface area contributed by atoms with Crippen LogP contribution in [-0.2, 0) is 13.6 Å². The molecule has 0 atom stereocenters.